The highest BCUT2D eigenvalue weighted by Gasteiger charge is 2.31. The second-order valence-electron chi connectivity index (χ2n) is 4.90. The molecule has 5 nitrogen and oxygen atoms in total. The Morgan fingerprint density at radius 1 is 1.47 bits per heavy atom. The van der Waals surface area contributed by atoms with E-state index in [0.717, 1.165) is 0 Å². The molecule has 1 rings (SSSR count). The van der Waals surface area contributed by atoms with Crippen LogP contribution in [0.25, 0.3) is 0 Å². The smallest absolute Gasteiger partial charge is 0.220 e. The summed E-state index contributed by atoms with van der Waals surface area (Å²) in [5.41, 5.74) is 3.15. The predicted octanol–water partition coefficient (Wildman–Crippen LogP) is 2.10. The summed E-state index contributed by atoms with van der Waals surface area (Å²) in [5, 5.41) is 10.4. The lowest BCUT2D eigenvalue weighted by atomic mass is 10.2. The number of hydrogen-bond donors (Lipinski definition) is 1. The molecule has 0 fully saturated rings. The van der Waals surface area contributed by atoms with Gasteiger partial charge in [-0.3, -0.25) is 5.10 Å². The van der Waals surface area contributed by atoms with Crippen molar-refractivity contribution in [2.75, 3.05) is 0 Å². The van der Waals surface area contributed by atoms with Gasteiger partial charge in [-0.05, 0) is 34.6 Å². The molecular weight excluding hydrogens is 237 g/mol. The Kier molecular flexibility index (Phi) is 4.34. The van der Waals surface area contributed by atoms with E-state index in [2.05, 4.69) is 27.4 Å². The van der Waals surface area contributed by atoms with Crippen LogP contribution in [0.3, 0.4) is 0 Å². The van der Waals surface area contributed by atoms with Crippen molar-refractivity contribution in [3.63, 3.8) is 0 Å². The first kappa shape index (κ1) is 14.2. The molecule has 1 aromatic rings. The Hall–Kier alpha value is -0.860. The van der Waals surface area contributed by atoms with Gasteiger partial charge in [-0.1, -0.05) is 17.2 Å². The van der Waals surface area contributed by atoms with Crippen molar-refractivity contribution in [2.45, 2.75) is 46.3 Å². The van der Waals surface area contributed by atoms with Crippen molar-refractivity contribution in [3.8, 4) is 0 Å². The maximum absolute atomic E-state index is 6.02. The second kappa shape index (κ2) is 5.19. The molecule has 0 aliphatic heterocycles. The Balaban J connectivity index is 3.22. The van der Waals surface area contributed by atoms with E-state index in [1.807, 2.05) is 34.6 Å². The van der Waals surface area contributed by atoms with E-state index < -0.39 is 7.34 Å². The summed E-state index contributed by atoms with van der Waals surface area (Å²) >= 11 is 0. The third-order valence-corrected chi connectivity index (χ3v) is 4.44. The van der Waals surface area contributed by atoms with Crippen molar-refractivity contribution in [3.05, 3.63) is 12.8 Å². The quantitative estimate of drug-likeness (QED) is 0.839. The van der Waals surface area contributed by atoms with Crippen molar-refractivity contribution >= 4 is 18.2 Å². The van der Waals surface area contributed by atoms with Crippen LogP contribution < -0.4 is 5.44 Å². The number of hydrogen-bond acceptors (Lipinski definition) is 4. The third kappa shape index (κ3) is 3.83. The maximum atomic E-state index is 6.02. The fourth-order valence-electron chi connectivity index (χ4n) is 1.29. The molecule has 0 amide bonds. The van der Waals surface area contributed by atoms with E-state index in [1.165, 1.54) is 0 Å². The molecule has 1 N–H and O–H groups in total. The van der Waals surface area contributed by atoms with Crippen molar-refractivity contribution in [1.29, 1.82) is 0 Å². The largest absolute Gasteiger partial charge is 0.324 e. The average molecular weight is 257 g/mol. The van der Waals surface area contributed by atoms with Crippen molar-refractivity contribution in [2.24, 2.45) is 0 Å². The van der Waals surface area contributed by atoms with Gasteiger partial charge in [0, 0.05) is 0 Å². The Labute approximate surface area is 102 Å². The van der Waals surface area contributed by atoms with E-state index >= 15 is 0 Å². The fraction of sp³-hybridized carbons (Fsp3) is 0.636. The molecule has 1 unspecified atom stereocenters. The van der Waals surface area contributed by atoms with Crippen molar-refractivity contribution in [1.82, 2.24) is 15.4 Å². The van der Waals surface area contributed by atoms with Crippen LogP contribution in [0.1, 0.15) is 34.6 Å². The van der Waals surface area contributed by atoms with Gasteiger partial charge in [-0.15, -0.1) is 5.10 Å². The third-order valence-electron chi connectivity index (χ3n) is 1.68. The molecule has 6 heteroatoms. The van der Waals surface area contributed by atoms with E-state index in [0.29, 0.717) is 5.44 Å². The van der Waals surface area contributed by atoms with Gasteiger partial charge in [0.05, 0.1) is 17.9 Å². The normalized spacial score (nSPS) is 15.6. The van der Waals surface area contributed by atoms with Crippen LogP contribution in [0.4, 0.5) is 0 Å². The van der Waals surface area contributed by atoms with Crippen LogP contribution in [0.15, 0.2) is 12.8 Å². The predicted molar refractivity (Wildman–Crippen MR) is 70.6 cm³/mol. The Morgan fingerprint density at radius 3 is 2.47 bits per heavy atom. The van der Waals surface area contributed by atoms with Crippen LogP contribution in [-0.4, -0.2) is 32.6 Å². The molecule has 0 aliphatic carbocycles. The highest BCUT2D eigenvalue weighted by molar-refractivity contribution is 7.72. The summed E-state index contributed by atoms with van der Waals surface area (Å²) in [6, 6.07) is 0. The lowest BCUT2D eigenvalue weighted by Gasteiger charge is -2.31. The zero-order valence-electron chi connectivity index (χ0n) is 11.0. The van der Waals surface area contributed by atoms with Gasteiger partial charge in [0.15, 0.2) is 5.44 Å². The van der Waals surface area contributed by atoms with Gasteiger partial charge in [0.1, 0.15) is 0 Å². The number of nitrogens with zero attached hydrogens (tertiary/aromatic N) is 2. The molecule has 0 bridgehead atoms. The van der Waals surface area contributed by atoms with E-state index in [9.17, 15) is 0 Å². The molecular formula is C11H20N3O2P. The molecule has 0 aliphatic rings. The van der Waals surface area contributed by atoms with E-state index in [4.69, 9.17) is 9.05 Å². The summed E-state index contributed by atoms with van der Waals surface area (Å²) in [6.45, 7) is 13.5. The molecule has 0 aromatic carbocycles. The van der Waals surface area contributed by atoms with Gasteiger partial charge >= 0.3 is 0 Å². The van der Waals surface area contributed by atoms with Gasteiger partial charge in [-0.2, -0.15) is 0 Å². The van der Waals surface area contributed by atoms with Gasteiger partial charge < -0.3 is 9.05 Å². The van der Waals surface area contributed by atoms with Crippen LogP contribution in [0.2, 0.25) is 0 Å². The molecule has 17 heavy (non-hydrogen) atoms. The molecule has 96 valence electrons. The van der Waals surface area contributed by atoms with E-state index in [-0.39, 0.29) is 11.7 Å². The maximum Gasteiger partial charge on any atom is 0.220 e. The number of H-pyrrole nitrogens is 1. The van der Waals surface area contributed by atoms with Gasteiger partial charge in [0.2, 0.25) is 7.34 Å². The second-order valence-corrected chi connectivity index (χ2v) is 7.17. The van der Waals surface area contributed by atoms with Gasteiger partial charge in [0.25, 0.3) is 0 Å². The molecule has 1 heterocycles. The number of aromatic nitrogens is 3. The SMILES string of the molecule is C=C=P(OC(C)C)(OC(C)(C)C)c1c[nH]nn1. The highest BCUT2D eigenvalue weighted by Crippen LogP contribution is 2.50. The summed E-state index contributed by atoms with van der Waals surface area (Å²) in [7, 11) is -2.53. The number of aromatic amines is 1. The number of rotatable bonds is 4. The molecule has 0 spiro atoms. The molecule has 1 atom stereocenters. The van der Waals surface area contributed by atoms with Crippen LogP contribution in [-0.2, 0) is 9.05 Å². The Morgan fingerprint density at radius 2 is 2.12 bits per heavy atom. The minimum absolute atomic E-state index is 0.00312. The minimum Gasteiger partial charge on any atom is -0.324 e. The van der Waals surface area contributed by atoms with Crippen LogP contribution in [0.5, 0.6) is 0 Å². The lowest BCUT2D eigenvalue weighted by molar-refractivity contribution is 0.109. The van der Waals surface area contributed by atoms with Crippen molar-refractivity contribution < 1.29 is 9.05 Å². The average Bonchev–Trinajstić information content (AvgIpc) is 2.66. The van der Waals surface area contributed by atoms with E-state index in [1.54, 1.807) is 6.20 Å². The van der Waals surface area contributed by atoms with Crippen LogP contribution >= 0.6 is 7.34 Å². The number of nitrogens with one attached hydrogen (secondary N) is 1. The first-order chi connectivity index (χ1) is 7.79. The highest BCUT2D eigenvalue weighted by atomic mass is 31.2. The zero-order valence-corrected chi connectivity index (χ0v) is 11.9. The summed E-state index contributed by atoms with van der Waals surface area (Å²) < 4.78 is 11.9. The Bertz CT molecular complexity index is 428. The first-order valence-corrected chi connectivity index (χ1v) is 7.11. The summed E-state index contributed by atoms with van der Waals surface area (Å²) in [6.07, 6.45) is 1.66. The molecule has 1 aromatic heterocycles. The zero-order chi connectivity index (χ0) is 13.1. The standard InChI is InChI=1S/C11H20N3O2P/c1-7-17(15-9(2)3,16-11(4,5)6)10-8-12-14-13-10/h8-9H,1H2,2-6H3,(H,12,13,14). The minimum atomic E-state index is -2.53. The summed E-state index contributed by atoms with van der Waals surface area (Å²) in [5.74, 6) is 0. The molecule has 0 radical (unpaired) electrons. The fourth-order valence-corrected chi connectivity index (χ4v) is 3.60. The lowest BCUT2D eigenvalue weighted by Crippen LogP contribution is -2.25. The van der Waals surface area contributed by atoms with Crippen LogP contribution in [0, 0.1) is 0 Å². The monoisotopic (exact) mass is 257 g/mol. The topological polar surface area (TPSA) is 60.0 Å². The van der Waals surface area contributed by atoms with Gasteiger partial charge in [-0.25, -0.2) is 0 Å². The first-order valence-electron chi connectivity index (χ1n) is 5.49. The summed E-state index contributed by atoms with van der Waals surface area (Å²) in [4.78, 5) is 0. The molecule has 0 saturated carbocycles. The molecule has 0 saturated heterocycles.